The van der Waals surface area contributed by atoms with Crippen molar-refractivity contribution in [3.05, 3.63) is 93.4 Å². The molecule has 3 aromatic rings. The Bertz CT molecular complexity index is 1420. The van der Waals surface area contributed by atoms with E-state index in [1.807, 2.05) is 20.8 Å². The fraction of sp³-hybridized carbons (Fsp3) is 0.310. The SMILES string of the molecule is CC[C@@H](C)NC(=O)[C@@H](C)N(Cc1ccccc1Cl)C(=O)CN(c1cccc(Br)c1)S(=O)(=O)c1ccc(C)cc1. The number of aryl methyl sites for hydroxylation is 1. The second-order valence-corrected chi connectivity index (χ2v) is 12.6. The molecule has 10 heteroatoms. The Balaban J connectivity index is 2.04. The number of carbonyl (C=O) groups is 2. The minimum absolute atomic E-state index is 0.0322. The van der Waals surface area contributed by atoms with E-state index in [0.29, 0.717) is 20.7 Å². The first-order valence-corrected chi connectivity index (χ1v) is 15.2. The molecular formula is C29H33BrClN3O4S. The molecule has 0 radical (unpaired) electrons. The van der Waals surface area contributed by atoms with Gasteiger partial charge in [-0.3, -0.25) is 13.9 Å². The molecule has 0 bridgehead atoms. The highest BCUT2D eigenvalue weighted by molar-refractivity contribution is 9.10. The Morgan fingerprint density at radius 2 is 1.67 bits per heavy atom. The average molecular weight is 635 g/mol. The number of benzene rings is 3. The molecule has 0 aliphatic heterocycles. The van der Waals surface area contributed by atoms with Crippen molar-refractivity contribution in [2.45, 2.75) is 57.6 Å². The molecule has 1 N–H and O–H groups in total. The van der Waals surface area contributed by atoms with Gasteiger partial charge >= 0.3 is 0 Å². The van der Waals surface area contributed by atoms with Gasteiger partial charge in [0.2, 0.25) is 11.8 Å². The van der Waals surface area contributed by atoms with Crippen LogP contribution in [0.3, 0.4) is 0 Å². The highest BCUT2D eigenvalue weighted by Gasteiger charge is 2.33. The van der Waals surface area contributed by atoms with E-state index < -0.39 is 28.5 Å². The minimum Gasteiger partial charge on any atom is -0.352 e. The van der Waals surface area contributed by atoms with E-state index in [2.05, 4.69) is 21.2 Å². The third-order valence-corrected chi connectivity index (χ3v) is 9.10. The number of hydrogen-bond donors (Lipinski definition) is 1. The van der Waals surface area contributed by atoms with Gasteiger partial charge in [-0.25, -0.2) is 8.42 Å². The number of rotatable bonds is 11. The van der Waals surface area contributed by atoms with Gasteiger partial charge in [-0.15, -0.1) is 0 Å². The molecular weight excluding hydrogens is 602 g/mol. The molecule has 0 unspecified atom stereocenters. The molecule has 0 aliphatic carbocycles. The Kier molecular flexibility index (Phi) is 10.6. The third kappa shape index (κ3) is 7.84. The molecule has 0 heterocycles. The molecule has 3 rings (SSSR count). The lowest BCUT2D eigenvalue weighted by Crippen LogP contribution is -2.52. The maximum absolute atomic E-state index is 13.9. The van der Waals surface area contributed by atoms with E-state index in [-0.39, 0.29) is 23.4 Å². The second kappa shape index (κ2) is 13.5. The van der Waals surface area contributed by atoms with Crippen LogP contribution in [-0.4, -0.2) is 43.8 Å². The molecule has 0 saturated carbocycles. The summed E-state index contributed by atoms with van der Waals surface area (Å²) in [6, 6.07) is 19.3. The van der Waals surface area contributed by atoms with Crippen molar-refractivity contribution in [3.63, 3.8) is 0 Å². The van der Waals surface area contributed by atoms with Gasteiger partial charge in [0.1, 0.15) is 12.6 Å². The lowest BCUT2D eigenvalue weighted by Gasteiger charge is -2.32. The van der Waals surface area contributed by atoms with Crippen LogP contribution < -0.4 is 9.62 Å². The van der Waals surface area contributed by atoms with E-state index in [4.69, 9.17) is 11.6 Å². The molecule has 3 aromatic carbocycles. The predicted molar refractivity (Wildman–Crippen MR) is 159 cm³/mol. The van der Waals surface area contributed by atoms with Crippen molar-refractivity contribution in [2.24, 2.45) is 0 Å². The molecule has 0 aromatic heterocycles. The number of carbonyl (C=O) groups excluding carboxylic acids is 2. The molecule has 208 valence electrons. The van der Waals surface area contributed by atoms with Crippen LogP contribution in [0, 0.1) is 6.92 Å². The van der Waals surface area contributed by atoms with Gasteiger partial charge < -0.3 is 10.2 Å². The minimum atomic E-state index is -4.13. The van der Waals surface area contributed by atoms with Crippen LogP contribution in [0.1, 0.15) is 38.3 Å². The molecule has 2 amide bonds. The fourth-order valence-electron chi connectivity index (χ4n) is 3.86. The number of sulfonamides is 1. The summed E-state index contributed by atoms with van der Waals surface area (Å²) in [7, 11) is -4.13. The molecule has 7 nitrogen and oxygen atoms in total. The monoisotopic (exact) mass is 633 g/mol. The van der Waals surface area contributed by atoms with Crippen LogP contribution in [-0.2, 0) is 26.2 Å². The summed E-state index contributed by atoms with van der Waals surface area (Å²) in [6.45, 7) is 6.85. The largest absolute Gasteiger partial charge is 0.352 e. The Labute approximate surface area is 244 Å². The van der Waals surface area contributed by atoms with Crippen molar-refractivity contribution in [1.82, 2.24) is 10.2 Å². The zero-order valence-corrected chi connectivity index (χ0v) is 25.6. The summed E-state index contributed by atoms with van der Waals surface area (Å²) >= 11 is 9.80. The van der Waals surface area contributed by atoms with Gasteiger partial charge in [-0.2, -0.15) is 0 Å². The molecule has 0 aliphatic rings. The number of amides is 2. The summed E-state index contributed by atoms with van der Waals surface area (Å²) in [5.74, 6) is -0.877. The molecule has 0 saturated heterocycles. The van der Waals surface area contributed by atoms with Gasteiger partial charge in [0, 0.05) is 22.1 Å². The van der Waals surface area contributed by atoms with E-state index >= 15 is 0 Å². The predicted octanol–water partition coefficient (Wildman–Crippen LogP) is 5.94. The van der Waals surface area contributed by atoms with Gasteiger partial charge in [0.25, 0.3) is 10.0 Å². The van der Waals surface area contributed by atoms with Crippen LogP contribution in [0.4, 0.5) is 5.69 Å². The number of anilines is 1. The summed E-state index contributed by atoms with van der Waals surface area (Å²) in [5, 5.41) is 3.36. The normalized spacial score (nSPS) is 12.9. The van der Waals surface area contributed by atoms with Crippen LogP contribution in [0.25, 0.3) is 0 Å². The second-order valence-electron chi connectivity index (χ2n) is 9.41. The lowest BCUT2D eigenvalue weighted by atomic mass is 10.1. The Morgan fingerprint density at radius 1 is 1.00 bits per heavy atom. The number of hydrogen-bond acceptors (Lipinski definition) is 4. The van der Waals surface area contributed by atoms with Crippen molar-refractivity contribution in [1.29, 1.82) is 0 Å². The standard InChI is InChI=1S/C29H33BrClN3O4S/c1-5-21(3)32-29(36)22(4)33(18-23-9-6-7-12-27(23)31)28(35)19-34(25-11-8-10-24(30)17-25)39(37,38)26-15-13-20(2)14-16-26/h6-17,21-22H,5,18-19H2,1-4H3,(H,32,36)/t21-,22-/m1/s1. The highest BCUT2D eigenvalue weighted by Crippen LogP contribution is 2.27. The third-order valence-electron chi connectivity index (χ3n) is 6.45. The molecule has 0 fully saturated rings. The quantitative estimate of drug-likeness (QED) is 0.283. The van der Waals surface area contributed by atoms with Crippen LogP contribution in [0.15, 0.2) is 82.2 Å². The Morgan fingerprint density at radius 3 is 2.28 bits per heavy atom. The summed E-state index contributed by atoms with van der Waals surface area (Å²) in [5.41, 5.74) is 1.87. The summed E-state index contributed by atoms with van der Waals surface area (Å²) in [4.78, 5) is 28.5. The number of halogens is 2. The van der Waals surface area contributed by atoms with Crippen molar-refractivity contribution >= 4 is 55.1 Å². The highest BCUT2D eigenvalue weighted by atomic mass is 79.9. The maximum Gasteiger partial charge on any atom is 0.264 e. The van der Waals surface area contributed by atoms with Crippen molar-refractivity contribution in [3.8, 4) is 0 Å². The lowest BCUT2D eigenvalue weighted by molar-refractivity contribution is -0.139. The average Bonchev–Trinajstić information content (AvgIpc) is 2.90. The molecule has 0 spiro atoms. The van der Waals surface area contributed by atoms with Gasteiger partial charge in [-0.1, -0.05) is 76.4 Å². The summed E-state index contributed by atoms with van der Waals surface area (Å²) < 4.78 is 29.4. The van der Waals surface area contributed by atoms with Crippen LogP contribution in [0.2, 0.25) is 5.02 Å². The van der Waals surface area contributed by atoms with Gasteiger partial charge in [0.05, 0.1) is 10.6 Å². The zero-order chi connectivity index (χ0) is 28.7. The van der Waals surface area contributed by atoms with E-state index in [1.165, 1.54) is 17.0 Å². The van der Waals surface area contributed by atoms with Gasteiger partial charge in [-0.05, 0) is 69.2 Å². The van der Waals surface area contributed by atoms with E-state index in [9.17, 15) is 18.0 Å². The first-order chi connectivity index (χ1) is 18.4. The molecule has 39 heavy (non-hydrogen) atoms. The fourth-order valence-corrected chi connectivity index (χ4v) is 5.84. The topological polar surface area (TPSA) is 86.8 Å². The first-order valence-electron chi connectivity index (χ1n) is 12.6. The maximum atomic E-state index is 13.9. The zero-order valence-electron chi connectivity index (χ0n) is 22.4. The van der Waals surface area contributed by atoms with E-state index in [0.717, 1.165) is 16.3 Å². The molecule has 2 atom stereocenters. The van der Waals surface area contributed by atoms with Gasteiger partial charge in [0.15, 0.2) is 0 Å². The van der Waals surface area contributed by atoms with E-state index in [1.54, 1.807) is 67.6 Å². The van der Waals surface area contributed by atoms with Crippen LogP contribution >= 0.6 is 27.5 Å². The number of nitrogens with one attached hydrogen (secondary N) is 1. The Hall–Kier alpha value is -2.88. The van der Waals surface area contributed by atoms with Crippen LogP contribution in [0.5, 0.6) is 0 Å². The summed E-state index contributed by atoms with van der Waals surface area (Å²) in [6.07, 6.45) is 0.725. The number of nitrogens with zero attached hydrogens (tertiary/aromatic N) is 2. The smallest absolute Gasteiger partial charge is 0.264 e. The van der Waals surface area contributed by atoms with Crippen molar-refractivity contribution in [2.75, 3.05) is 10.8 Å². The first kappa shape index (κ1) is 30.7. The van der Waals surface area contributed by atoms with Crippen molar-refractivity contribution < 1.29 is 18.0 Å².